The molecule has 0 fully saturated rings. The van der Waals surface area contributed by atoms with E-state index in [9.17, 15) is 0 Å². The normalized spacial score (nSPS) is 12.1. The van der Waals surface area contributed by atoms with Crippen LogP contribution in [0.3, 0.4) is 0 Å². The van der Waals surface area contributed by atoms with Crippen LogP contribution in [0.5, 0.6) is 0 Å². The van der Waals surface area contributed by atoms with Crippen LogP contribution in [0.2, 0.25) is 0 Å². The van der Waals surface area contributed by atoms with E-state index >= 15 is 0 Å². The molecule has 0 N–H and O–H groups in total. The molecule has 0 aliphatic heterocycles. The van der Waals surface area contributed by atoms with Gasteiger partial charge in [0.15, 0.2) is 0 Å². The van der Waals surface area contributed by atoms with E-state index in [2.05, 4.69) is 231 Å². The molecule has 0 unspecified atom stereocenters. The summed E-state index contributed by atoms with van der Waals surface area (Å²) >= 11 is 0. The molecule has 0 saturated carbocycles. The molecule has 0 bridgehead atoms. The van der Waals surface area contributed by atoms with Gasteiger partial charge in [-0.25, -0.2) is 0 Å². The number of benzene rings is 12. The van der Waals surface area contributed by atoms with E-state index in [4.69, 9.17) is 0 Å². The Morgan fingerprint density at radius 3 is 1.02 bits per heavy atom. The first-order valence-electron chi connectivity index (χ1n) is 22.3. The molecule has 2 aliphatic rings. The van der Waals surface area contributed by atoms with Crippen molar-refractivity contribution in [3.8, 4) is 100 Å². The number of rotatable bonds is 5. The van der Waals surface area contributed by atoms with Crippen LogP contribution in [0.25, 0.3) is 143 Å². The van der Waals surface area contributed by atoms with Crippen LogP contribution in [0.4, 0.5) is 0 Å². The zero-order valence-electron chi connectivity index (χ0n) is 34.9. The third kappa shape index (κ3) is 4.94. The van der Waals surface area contributed by atoms with Crippen molar-refractivity contribution in [1.82, 2.24) is 0 Å². The van der Waals surface area contributed by atoms with Gasteiger partial charge >= 0.3 is 0 Å². The molecule has 0 amide bonds. The average Bonchev–Trinajstić information content (AvgIpc) is 3.87. The molecular weight excluding hydrogens is 769 g/mol. The molecule has 12 aromatic carbocycles. The van der Waals surface area contributed by atoms with Crippen molar-refractivity contribution in [3.05, 3.63) is 231 Å². The Kier molecular flexibility index (Phi) is 7.49. The highest BCUT2D eigenvalue weighted by Gasteiger charge is 2.33. The lowest BCUT2D eigenvalue weighted by Crippen LogP contribution is -1.94. The fraction of sp³-hybridized carbons (Fsp3) is 0. The fourth-order valence-corrected chi connectivity index (χ4v) is 11.6. The largest absolute Gasteiger partial charge is 0.0622 e. The van der Waals surface area contributed by atoms with Gasteiger partial charge in [0.1, 0.15) is 0 Å². The van der Waals surface area contributed by atoms with Crippen LogP contribution in [0.1, 0.15) is 0 Å². The first kappa shape index (κ1) is 35.3. The minimum absolute atomic E-state index is 1.21. The summed E-state index contributed by atoms with van der Waals surface area (Å²) < 4.78 is 0. The maximum Gasteiger partial charge on any atom is -0.000720 e. The quantitative estimate of drug-likeness (QED) is 0.163. The summed E-state index contributed by atoms with van der Waals surface area (Å²) in [5.41, 5.74) is 23.1. The molecule has 0 heterocycles. The van der Waals surface area contributed by atoms with E-state index in [1.165, 1.54) is 143 Å². The Morgan fingerprint density at radius 1 is 0.172 bits per heavy atom. The highest BCUT2D eigenvalue weighted by Crippen LogP contribution is 2.60. The van der Waals surface area contributed by atoms with Gasteiger partial charge in [-0.15, -0.1) is 0 Å². The summed E-state index contributed by atoms with van der Waals surface area (Å²) in [6, 6.07) is 86.0. The maximum absolute atomic E-state index is 2.50. The van der Waals surface area contributed by atoms with Gasteiger partial charge in [-0.05, 0) is 161 Å². The van der Waals surface area contributed by atoms with Gasteiger partial charge < -0.3 is 0 Å². The predicted octanol–water partition coefficient (Wildman–Crippen LogP) is 17.9. The van der Waals surface area contributed by atoms with E-state index in [1.54, 1.807) is 0 Å². The summed E-state index contributed by atoms with van der Waals surface area (Å²) in [4.78, 5) is 0. The van der Waals surface area contributed by atoms with E-state index in [1.807, 2.05) is 0 Å². The van der Waals surface area contributed by atoms with Gasteiger partial charge in [-0.1, -0.05) is 212 Å². The van der Waals surface area contributed by atoms with Gasteiger partial charge in [0.05, 0.1) is 0 Å². The number of hydrogen-bond donors (Lipinski definition) is 0. The molecule has 14 rings (SSSR count). The second kappa shape index (κ2) is 13.6. The zero-order valence-corrected chi connectivity index (χ0v) is 34.9. The summed E-state index contributed by atoms with van der Waals surface area (Å²) in [5.74, 6) is 0. The van der Waals surface area contributed by atoms with Crippen LogP contribution in [-0.4, -0.2) is 0 Å². The lowest BCUT2D eigenvalue weighted by molar-refractivity contribution is 1.61. The van der Waals surface area contributed by atoms with Crippen molar-refractivity contribution < 1.29 is 0 Å². The molecule has 0 saturated heterocycles. The Morgan fingerprint density at radius 2 is 0.547 bits per heavy atom. The smallest absolute Gasteiger partial charge is 0.000720 e. The third-order valence-corrected chi connectivity index (χ3v) is 14.1. The van der Waals surface area contributed by atoms with Gasteiger partial charge in [0.2, 0.25) is 0 Å². The highest BCUT2D eigenvalue weighted by atomic mass is 14.4. The number of fused-ring (bicyclic) bond motifs is 8. The SMILES string of the molecule is c1ccc(-c2c3c(c(-c4ccccc4)c4ccccc24)-c2cc(-c4ccc5c(-c6ccccc6)c6c(c(-c7ccccc7)c5c4)-c4cccc5cccc-6c45)cc4cccc-3c24)cc1. The van der Waals surface area contributed by atoms with Crippen LogP contribution in [0, 0.1) is 0 Å². The van der Waals surface area contributed by atoms with Crippen molar-refractivity contribution in [1.29, 1.82) is 0 Å². The average molecular weight is 807 g/mol. The van der Waals surface area contributed by atoms with Crippen molar-refractivity contribution in [2.45, 2.75) is 0 Å². The first-order valence-corrected chi connectivity index (χ1v) is 22.3. The standard InChI is InChI=1S/C64H38/c1-5-18-40(19-6-1)57-47-29-13-14-30-48(47)58(41-20-7-2-8-21-41)64-54-38-46(36-45-28-17-33-52(56(45)54)62(57)64)44-34-35-49-53(37-44)60(43-24-11-4-12-25-43)63-51-32-16-27-39-26-15-31-50(55(39)51)61(63)59(49)42-22-9-3-10-23-42/h1-38H. The van der Waals surface area contributed by atoms with Gasteiger partial charge in [-0.2, -0.15) is 0 Å². The summed E-state index contributed by atoms with van der Waals surface area (Å²) in [7, 11) is 0. The predicted molar refractivity (Wildman–Crippen MR) is 273 cm³/mol. The van der Waals surface area contributed by atoms with Gasteiger partial charge in [0, 0.05) is 0 Å². The molecular formula is C64H38. The summed E-state index contributed by atoms with van der Waals surface area (Å²) in [6.07, 6.45) is 0. The van der Waals surface area contributed by atoms with E-state index < -0.39 is 0 Å². The topological polar surface area (TPSA) is 0 Å². The highest BCUT2D eigenvalue weighted by molar-refractivity contribution is 6.30. The molecule has 294 valence electrons. The van der Waals surface area contributed by atoms with Crippen LogP contribution < -0.4 is 0 Å². The summed E-state index contributed by atoms with van der Waals surface area (Å²) in [6.45, 7) is 0. The Labute approximate surface area is 372 Å². The molecule has 0 heteroatoms. The lowest BCUT2D eigenvalue weighted by Gasteiger charge is -2.21. The Balaban J connectivity index is 1.10. The second-order valence-corrected chi connectivity index (χ2v) is 17.4. The molecule has 2 aliphatic carbocycles. The molecule has 64 heavy (non-hydrogen) atoms. The minimum atomic E-state index is 1.21. The Bertz CT molecular complexity index is 3890. The monoisotopic (exact) mass is 806 g/mol. The van der Waals surface area contributed by atoms with Crippen molar-refractivity contribution >= 4 is 43.1 Å². The molecule has 12 aromatic rings. The molecule has 0 aromatic heterocycles. The maximum atomic E-state index is 2.50. The van der Waals surface area contributed by atoms with Crippen molar-refractivity contribution in [3.63, 3.8) is 0 Å². The lowest BCUT2D eigenvalue weighted by atomic mass is 9.81. The van der Waals surface area contributed by atoms with E-state index in [0.29, 0.717) is 0 Å². The second-order valence-electron chi connectivity index (χ2n) is 17.4. The fourth-order valence-electron chi connectivity index (χ4n) is 11.6. The van der Waals surface area contributed by atoms with E-state index in [0.717, 1.165) is 0 Å². The summed E-state index contributed by atoms with van der Waals surface area (Å²) in [5, 5.41) is 10.3. The first-order chi connectivity index (χ1) is 31.8. The van der Waals surface area contributed by atoms with Gasteiger partial charge in [0.25, 0.3) is 0 Å². The number of hydrogen-bond acceptors (Lipinski definition) is 0. The zero-order chi connectivity index (χ0) is 41.9. The van der Waals surface area contributed by atoms with Gasteiger partial charge in [-0.3, -0.25) is 0 Å². The van der Waals surface area contributed by atoms with Crippen LogP contribution in [-0.2, 0) is 0 Å². The van der Waals surface area contributed by atoms with Crippen LogP contribution >= 0.6 is 0 Å². The van der Waals surface area contributed by atoms with Crippen LogP contribution in [0.15, 0.2) is 231 Å². The molecule has 0 radical (unpaired) electrons. The third-order valence-electron chi connectivity index (χ3n) is 14.1. The molecule has 0 spiro atoms. The molecule has 0 nitrogen and oxygen atoms in total. The van der Waals surface area contributed by atoms with Crippen molar-refractivity contribution in [2.24, 2.45) is 0 Å². The minimum Gasteiger partial charge on any atom is -0.0622 e. The Hall–Kier alpha value is -8.32. The van der Waals surface area contributed by atoms with E-state index in [-0.39, 0.29) is 0 Å². The van der Waals surface area contributed by atoms with Crippen molar-refractivity contribution in [2.75, 3.05) is 0 Å². The molecule has 0 atom stereocenters.